The highest BCUT2D eigenvalue weighted by Gasteiger charge is 2.17. The van der Waals surface area contributed by atoms with E-state index < -0.39 is 11.2 Å². The molecule has 9 nitrogen and oxygen atoms in total. The van der Waals surface area contributed by atoms with Crippen molar-refractivity contribution in [2.24, 2.45) is 19.2 Å². The van der Waals surface area contributed by atoms with E-state index in [0.29, 0.717) is 11.5 Å². The lowest BCUT2D eigenvalue weighted by Gasteiger charge is -2.06. The number of aromatic nitrogens is 4. The number of benzene rings is 1. The fraction of sp³-hybridized carbons (Fsp3) is 0.263. The number of anilines is 1. The molecule has 28 heavy (non-hydrogen) atoms. The molecule has 0 bridgehead atoms. The molecular formula is C19H22N6O3. The first-order chi connectivity index (χ1) is 13.4. The maximum absolute atomic E-state index is 12.7. The molecule has 0 saturated carbocycles. The second-order valence-corrected chi connectivity index (χ2v) is 6.25. The number of nitrogens with one attached hydrogen (secondary N) is 1. The van der Waals surface area contributed by atoms with Gasteiger partial charge in [-0.1, -0.05) is 6.08 Å². The minimum absolute atomic E-state index is 0.129. The number of hydrogen-bond acceptors (Lipinski definition) is 6. The third-order valence-corrected chi connectivity index (χ3v) is 4.50. The van der Waals surface area contributed by atoms with Gasteiger partial charge in [-0.05, 0) is 36.8 Å². The van der Waals surface area contributed by atoms with Gasteiger partial charge in [0.25, 0.3) is 5.56 Å². The van der Waals surface area contributed by atoms with Crippen molar-refractivity contribution in [3.05, 3.63) is 63.3 Å². The average Bonchev–Trinajstić information content (AvgIpc) is 3.04. The van der Waals surface area contributed by atoms with Crippen LogP contribution in [0.15, 0.2) is 51.6 Å². The molecule has 1 aromatic carbocycles. The van der Waals surface area contributed by atoms with Crippen molar-refractivity contribution < 1.29 is 4.74 Å². The predicted molar refractivity (Wildman–Crippen MR) is 109 cm³/mol. The molecule has 2 aromatic heterocycles. The molecule has 0 amide bonds. The number of methoxy groups -OCH3 is 1. The van der Waals surface area contributed by atoms with Crippen molar-refractivity contribution in [3.8, 4) is 5.75 Å². The van der Waals surface area contributed by atoms with Crippen molar-refractivity contribution in [3.63, 3.8) is 0 Å². The van der Waals surface area contributed by atoms with Crippen LogP contribution in [-0.2, 0) is 20.6 Å². The molecular weight excluding hydrogens is 360 g/mol. The van der Waals surface area contributed by atoms with E-state index in [4.69, 9.17) is 4.74 Å². The van der Waals surface area contributed by atoms with Gasteiger partial charge in [-0.25, -0.2) is 10.2 Å². The van der Waals surface area contributed by atoms with Crippen LogP contribution in [0.25, 0.3) is 11.2 Å². The molecule has 3 aromatic rings. The van der Waals surface area contributed by atoms with E-state index in [0.717, 1.165) is 21.6 Å². The molecule has 9 heteroatoms. The zero-order chi connectivity index (χ0) is 20.4. The third kappa shape index (κ3) is 3.22. The molecule has 0 aliphatic heterocycles. The van der Waals surface area contributed by atoms with Crippen LogP contribution >= 0.6 is 0 Å². The predicted octanol–water partition coefficient (Wildman–Crippen LogP) is 1.46. The number of imidazole rings is 1. The van der Waals surface area contributed by atoms with Crippen molar-refractivity contribution in [2.75, 3.05) is 12.5 Å². The van der Waals surface area contributed by atoms with Gasteiger partial charge in [0.05, 0.1) is 12.8 Å². The lowest BCUT2D eigenvalue weighted by Crippen LogP contribution is -2.39. The van der Waals surface area contributed by atoms with Crippen LogP contribution in [0.4, 0.5) is 5.95 Å². The van der Waals surface area contributed by atoms with Gasteiger partial charge < -0.3 is 9.30 Å². The smallest absolute Gasteiger partial charge is 0.332 e. The number of hydrogen-bond donors (Lipinski definition) is 1. The monoisotopic (exact) mass is 382 g/mol. The molecule has 146 valence electrons. The third-order valence-electron chi connectivity index (χ3n) is 4.50. The first-order valence-corrected chi connectivity index (χ1v) is 8.61. The number of hydrazone groups is 1. The van der Waals surface area contributed by atoms with Crippen molar-refractivity contribution in [1.29, 1.82) is 0 Å². The zero-order valence-electron chi connectivity index (χ0n) is 16.3. The molecule has 0 atom stereocenters. The Morgan fingerprint density at radius 1 is 1.25 bits per heavy atom. The number of aryl methyl sites for hydroxylation is 2. The Labute approximate surface area is 161 Å². The molecule has 0 spiro atoms. The minimum atomic E-state index is -0.444. The van der Waals surface area contributed by atoms with Gasteiger partial charge in [-0.2, -0.15) is 10.1 Å². The highest BCUT2D eigenvalue weighted by molar-refractivity contribution is 5.99. The maximum Gasteiger partial charge on any atom is 0.332 e. The van der Waals surface area contributed by atoms with Crippen LogP contribution in [-0.4, -0.2) is 31.5 Å². The summed E-state index contributed by atoms with van der Waals surface area (Å²) in [6.07, 6.45) is 1.51. The van der Waals surface area contributed by atoms with E-state index >= 15 is 0 Å². The van der Waals surface area contributed by atoms with Crippen molar-refractivity contribution in [2.45, 2.75) is 13.5 Å². The van der Waals surface area contributed by atoms with Gasteiger partial charge in [0.1, 0.15) is 5.75 Å². The SMILES string of the molecule is C=CCn1c(=O)c2c(nc(N/N=C(\C)c3ccc(OC)cc3)n2C)n(C)c1=O. The summed E-state index contributed by atoms with van der Waals surface area (Å²) in [7, 11) is 4.88. The Bertz CT molecular complexity index is 1180. The summed E-state index contributed by atoms with van der Waals surface area (Å²) in [5, 5.41) is 4.35. The van der Waals surface area contributed by atoms with Crippen LogP contribution in [0.2, 0.25) is 0 Å². The average molecular weight is 382 g/mol. The molecule has 0 unspecified atom stereocenters. The summed E-state index contributed by atoms with van der Waals surface area (Å²) in [6.45, 7) is 5.58. The van der Waals surface area contributed by atoms with E-state index in [1.54, 1.807) is 25.8 Å². The van der Waals surface area contributed by atoms with Gasteiger partial charge in [0.15, 0.2) is 11.2 Å². The fourth-order valence-electron chi connectivity index (χ4n) is 2.86. The van der Waals surface area contributed by atoms with Crippen LogP contribution in [0.5, 0.6) is 5.75 Å². The fourth-order valence-corrected chi connectivity index (χ4v) is 2.86. The second kappa shape index (κ2) is 7.55. The van der Waals surface area contributed by atoms with E-state index in [-0.39, 0.29) is 12.2 Å². The van der Waals surface area contributed by atoms with E-state index in [2.05, 4.69) is 22.1 Å². The highest BCUT2D eigenvalue weighted by Crippen LogP contribution is 2.15. The summed E-state index contributed by atoms with van der Waals surface area (Å²) in [6, 6.07) is 7.49. The topological polar surface area (TPSA) is 95.4 Å². The van der Waals surface area contributed by atoms with Crippen molar-refractivity contribution in [1.82, 2.24) is 18.7 Å². The number of allylic oxidation sites excluding steroid dienone is 1. The van der Waals surface area contributed by atoms with E-state index in [9.17, 15) is 9.59 Å². The van der Waals surface area contributed by atoms with Crippen LogP contribution in [0.1, 0.15) is 12.5 Å². The molecule has 0 saturated heterocycles. The highest BCUT2D eigenvalue weighted by atomic mass is 16.5. The van der Waals surface area contributed by atoms with Gasteiger partial charge >= 0.3 is 5.69 Å². The van der Waals surface area contributed by atoms with E-state index in [1.165, 1.54) is 10.6 Å². The Hall–Kier alpha value is -3.62. The quantitative estimate of drug-likeness (QED) is 0.396. The largest absolute Gasteiger partial charge is 0.497 e. The molecule has 2 heterocycles. The number of rotatable bonds is 6. The maximum atomic E-state index is 12.7. The first-order valence-electron chi connectivity index (χ1n) is 8.61. The second-order valence-electron chi connectivity index (χ2n) is 6.25. The Morgan fingerprint density at radius 3 is 2.54 bits per heavy atom. The molecule has 0 aliphatic carbocycles. The summed E-state index contributed by atoms with van der Waals surface area (Å²) in [5.74, 6) is 1.11. The Morgan fingerprint density at radius 2 is 1.93 bits per heavy atom. The Balaban J connectivity index is 2.02. The molecule has 1 N–H and O–H groups in total. The summed E-state index contributed by atoms with van der Waals surface area (Å²) < 4.78 is 9.19. The standard InChI is InChI=1S/C19H22N6O3/c1-6-11-25-17(26)15-16(24(4)19(25)27)20-18(23(15)3)22-21-12(2)13-7-9-14(28-5)10-8-13/h6-10H,1,11H2,2-5H3,(H,20,22)/b21-12+. The molecule has 3 rings (SSSR count). The number of fused-ring (bicyclic) bond motifs is 1. The normalized spacial score (nSPS) is 11.6. The number of ether oxygens (including phenoxy) is 1. The van der Waals surface area contributed by atoms with Crippen LogP contribution < -0.4 is 21.4 Å². The van der Waals surface area contributed by atoms with Crippen LogP contribution in [0.3, 0.4) is 0 Å². The van der Waals surface area contributed by atoms with Gasteiger partial charge in [-0.15, -0.1) is 6.58 Å². The summed E-state index contributed by atoms with van der Waals surface area (Å²) >= 11 is 0. The molecule has 0 radical (unpaired) electrons. The van der Waals surface area contributed by atoms with E-state index in [1.807, 2.05) is 31.2 Å². The lowest BCUT2D eigenvalue weighted by atomic mass is 10.1. The Kier molecular flexibility index (Phi) is 5.16. The zero-order valence-corrected chi connectivity index (χ0v) is 16.3. The molecule has 0 aliphatic rings. The summed E-state index contributed by atoms with van der Waals surface area (Å²) in [5.41, 5.74) is 4.25. The van der Waals surface area contributed by atoms with Crippen molar-refractivity contribution >= 4 is 22.8 Å². The van der Waals surface area contributed by atoms with Gasteiger partial charge in [0, 0.05) is 20.6 Å². The van der Waals surface area contributed by atoms with Gasteiger partial charge in [0.2, 0.25) is 5.95 Å². The van der Waals surface area contributed by atoms with Crippen LogP contribution in [0, 0.1) is 0 Å². The number of nitrogens with zero attached hydrogens (tertiary/aromatic N) is 5. The summed E-state index contributed by atoms with van der Waals surface area (Å²) in [4.78, 5) is 29.5. The minimum Gasteiger partial charge on any atom is -0.497 e. The molecule has 0 fully saturated rings. The van der Waals surface area contributed by atoms with Gasteiger partial charge in [-0.3, -0.25) is 13.9 Å². The first kappa shape index (κ1) is 19.2. The lowest BCUT2D eigenvalue weighted by molar-refractivity contribution is 0.415.